The molecule has 0 saturated carbocycles. The van der Waals surface area contributed by atoms with Gasteiger partial charge in [-0.3, -0.25) is 13.6 Å². The quantitative estimate of drug-likeness (QED) is 0.672. The lowest BCUT2D eigenvalue weighted by Gasteiger charge is -2.19. The average Bonchev–Trinajstić information content (AvgIpc) is 2.73. The Morgan fingerprint density at radius 3 is 2.88 bits per heavy atom. The third-order valence-corrected chi connectivity index (χ3v) is 4.52. The van der Waals surface area contributed by atoms with Gasteiger partial charge in [0.15, 0.2) is 0 Å². The minimum absolute atomic E-state index is 0.0181. The van der Waals surface area contributed by atoms with Gasteiger partial charge in [0.1, 0.15) is 11.9 Å². The van der Waals surface area contributed by atoms with Crippen LogP contribution in [0.25, 0.3) is 0 Å². The van der Waals surface area contributed by atoms with Gasteiger partial charge in [-0.15, -0.1) is 0 Å². The molecule has 0 radical (unpaired) electrons. The number of nitrogen functional groups attached to an aromatic ring is 1. The maximum atomic E-state index is 14.1. The molecule has 1 aromatic heterocycles. The van der Waals surface area contributed by atoms with Gasteiger partial charge in [0.25, 0.3) is 5.92 Å². The highest BCUT2D eigenvalue weighted by Crippen LogP contribution is 2.46. The van der Waals surface area contributed by atoms with Gasteiger partial charge in [-0.2, -0.15) is 4.98 Å². The van der Waals surface area contributed by atoms with Gasteiger partial charge in [-0.25, -0.2) is 18.1 Å². The molecule has 1 aliphatic rings. The largest absolute Gasteiger partial charge is 0.472 e. The van der Waals surface area contributed by atoms with Crippen molar-refractivity contribution in [3.63, 3.8) is 0 Å². The molecule has 142 valence electrons. The molecule has 1 saturated heterocycles. The Balaban J connectivity index is 1.98. The van der Waals surface area contributed by atoms with Crippen LogP contribution in [0.4, 0.5) is 14.6 Å². The fourth-order valence-electron chi connectivity index (χ4n) is 2.32. The zero-order chi connectivity index (χ0) is 18.8. The van der Waals surface area contributed by atoms with Gasteiger partial charge in [0, 0.05) is 12.6 Å². The molecule has 1 aromatic rings. The summed E-state index contributed by atoms with van der Waals surface area (Å²) in [7, 11) is -4.35. The van der Waals surface area contributed by atoms with Crippen molar-refractivity contribution in [2.24, 2.45) is 0 Å². The standard InChI is InChI=1S/C13H20F2N3O6P/c1-8(2)24-25(20,21)22-7-9-5-13(14,15)10(23-9)6-18-4-3-11(16)17-12(18)19/h3-4,8-10H,5-7H2,1-2H3,(H,20,21)(H2,16,17,19)/t9-,10?/m0/s1. The molecule has 2 heterocycles. The summed E-state index contributed by atoms with van der Waals surface area (Å²) in [6.45, 7) is 2.08. The van der Waals surface area contributed by atoms with Crippen LogP contribution >= 0.6 is 7.82 Å². The van der Waals surface area contributed by atoms with Gasteiger partial charge in [-0.05, 0) is 19.9 Å². The molecule has 25 heavy (non-hydrogen) atoms. The molecule has 0 amide bonds. The van der Waals surface area contributed by atoms with Crippen molar-refractivity contribution in [2.75, 3.05) is 12.3 Å². The van der Waals surface area contributed by atoms with Crippen LogP contribution in [0.3, 0.4) is 0 Å². The summed E-state index contributed by atoms with van der Waals surface area (Å²) in [5.74, 6) is -3.26. The molecular formula is C13H20F2N3O6P. The smallest absolute Gasteiger partial charge is 0.383 e. The Bertz CT molecular complexity index is 713. The van der Waals surface area contributed by atoms with Crippen LogP contribution in [0.5, 0.6) is 0 Å². The maximum absolute atomic E-state index is 14.1. The fraction of sp³-hybridized carbons (Fsp3) is 0.692. The summed E-state index contributed by atoms with van der Waals surface area (Å²) in [6.07, 6.45) is -2.76. The monoisotopic (exact) mass is 383 g/mol. The molecule has 3 atom stereocenters. The van der Waals surface area contributed by atoms with E-state index in [1.54, 1.807) is 0 Å². The Kier molecular flexibility index (Phi) is 5.95. The van der Waals surface area contributed by atoms with E-state index in [2.05, 4.69) is 14.0 Å². The molecule has 0 bridgehead atoms. The SMILES string of the molecule is CC(C)OP(=O)(O)OC[C@@H]1CC(F)(F)C(Cn2ccc(N)nc2=O)O1. The lowest BCUT2D eigenvalue weighted by molar-refractivity contribution is -0.0848. The molecule has 9 nitrogen and oxygen atoms in total. The van der Waals surface area contributed by atoms with Crippen molar-refractivity contribution >= 4 is 13.6 Å². The van der Waals surface area contributed by atoms with E-state index in [0.717, 1.165) is 4.57 Å². The Labute approximate surface area is 142 Å². The molecule has 1 aliphatic heterocycles. The summed E-state index contributed by atoms with van der Waals surface area (Å²) in [5.41, 5.74) is 4.57. The van der Waals surface area contributed by atoms with Crippen molar-refractivity contribution in [1.82, 2.24) is 9.55 Å². The van der Waals surface area contributed by atoms with Crippen LogP contribution in [0.2, 0.25) is 0 Å². The van der Waals surface area contributed by atoms with Crippen LogP contribution in [0.1, 0.15) is 20.3 Å². The molecular weight excluding hydrogens is 363 g/mol. The number of aromatic nitrogens is 2. The number of ether oxygens (including phenoxy) is 1. The van der Waals surface area contributed by atoms with E-state index in [1.165, 1.54) is 26.1 Å². The second-order valence-corrected chi connectivity index (χ2v) is 7.32. The topological polar surface area (TPSA) is 126 Å². The van der Waals surface area contributed by atoms with E-state index in [1.807, 2.05) is 0 Å². The molecule has 0 aromatic carbocycles. The number of nitrogens with zero attached hydrogens (tertiary/aromatic N) is 2. The number of alkyl halides is 2. The van der Waals surface area contributed by atoms with Crippen LogP contribution in [0.15, 0.2) is 17.1 Å². The molecule has 2 unspecified atom stereocenters. The zero-order valence-electron chi connectivity index (χ0n) is 13.7. The minimum Gasteiger partial charge on any atom is -0.383 e. The zero-order valence-corrected chi connectivity index (χ0v) is 14.6. The predicted molar refractivity (Wildman–Crippen MR) is 83.1 cm³/mol. The van der Waals surface area contributed by atoms with E-state index in [4.69, 9.17) is 10.5 Å². The van der Waals surface area contributed by atoms with Crippen LogP contribution in [0, 0.1) is 0 Å². The van der Waals surface area contributed by atoms with Crippen molar-refractivity contribution < 1.29 is 32.0 Å². The number of nitrogens with two attached hydrogens (primary N) is 1. The van der Waals surface area contributed by atoms with Gasteiger partial charge in [0.2, 0.25) is 0 Å². The number of hydrogen-bond donors (Lipinski definition) is 2. The van der Waals surface area contributed by atoms with E-state index < -0.39 is 57.3 Å². The average molecular weight is 383 g/mol. The third-order valence-electron chi connectivity index (χ3n) is 3.35. The van der Waals surface area contributed by atoms with Crippen molar-refractivity contribution in [3.8, 4) is 0 Å². The van der Waals surface area contributed by atoms with E-state index >= 15 is 0 Å². The number of phosphoric acid groups is 1. The van der Waals surface area contributed by atoms with Gasteiger partial charge in [0.05, 0.1) is 25.4 Å². The molecule has 2 rings (SSSR count). The number of hydrogen-bond acceptors (Lipinski definition) is 7. The fourth-order valence-corrected chi connectivity index (χ4v) is 3.27. The first-order valence-electron chi connectivity index (χ1n) is 7.50. The normalized spacial score (nSPS) is 25.2. The molecule has 0 spiro atoms. The maximum Gasteiger partial charge on any atom is 0.472 e. The Morgan fingerprint density at radius 2 is 2.28 bits per heavy atom. The lowest BCUT2D eigenvalue weighted by atomic mass is 10.1. The van der Waals surface area contributed by atoms with Crippen molar-refractivity contribution in [2.45, 2.75) is 51.0 Å². The number of halogens is 2. The predicted octanol–water partition coefficient (Wildman–Crippen LogP) is 1.16. The van der Waals surface area contributed by atoms with Crippen LogP contribution < -0.4 is 11.4 Å². The number of anilines is 1. The lowest BCUT2D eigenvalue weighted by Crippen LogP contribution is -2.36. The highest BCUT2D eigenvalue weighted by molar-refractivity contribution is 7.47. The van der Waals surface area contributed by atoms with Crippen molar-refractivity contribution in [1.29, 1.82) is 0 Å². The Morgan fingerprint density at radius 1 is 1.60 bits per heavy atom. The van der Waals surface area contributed by atoms with Crippen LogP contribution in [-0.2, 0) is 24.9 Å². The molecule has 0 aliphatic carbocycles. The highest BCUT2D eigenvalue weighted by Gasteiger charge is 2.50. The first-order chi connectivity index (χ1) is 11.5. The van der Waals surface area contributed by atoms with Crippen molar-refractivity contribution in [3.05, 3.63) is 22.7 Å². The summed E-state index contributed by atoms with van der Waals surface area (Å²) in [4.78, 5) is 24.5. The van der Waals surface area contributed by atoms with Gasteiger partial charge in [-0.1, -0.05) is 0 Å². The second-order valence-electron chi connectivity index (χ2n) is 5.92. The van der Waals surface area contributed by atoms with Crippen LogP contribution in [-0.4, -0.2) is 45.3 Å². The van der Waals surface area contributed by atoms with Gasteiger partial charge >= 0.3 is 13.5 Å². The molecule has 3 N–H and O–H groups in total. The summed E-state index contributed by atoms with van der Waals surface area (Å²) in [5, 5.41) is 0. The summed E-state index contributed by atoms with van der Waals surface area (Å²) in [6, 6.07) is 1.31. The first-order valence-corrected chi connectivity index (χ1v) is 9.00. The third kappa shape index (κ3) is 5.55. The number of phosphoric ester groups is 1. The second kappa shape index (κ2) is 7.46. The highest BCUT2D eigenvalue weighted by atomic mass is 31.2. The summed E-state index contributed by atoms with van der Waals surface area (Å²) >= 11 is 0. The van der Waals surface area contributed by atoms with E-state index in [0.29, 0.717) is 0 Å². The molecule has 1 fully saturated rings. The Hall–Kier alpha value is -1.39. The van der Waals surface area contributed by atoms with Gasteiger partial charge < -0.3 is 15.4 Å². The minimum atomic E-state index is -4.35. The summed E-state index contributed by atoms with van der Waals surface area (Å²) < 4.78 is 55.3. The molecule has 12 heteroatoms. The van der Waals surface area contributed by atoms with E-state index in [-0.39, 0.29) is 5.82 Å². The van der Waals surface area contributed by atoms with E-state index in [9.17, 15) is 23.0 Å². The first kappa shape index (κ1) is 19.9. The number of rotatable bonds is 7.